The molecular weight excluding hydrogens is 404 g/mol. The van der Waals surface area contributed by atoms with E-state index in [0.29, 0.717) is 31.1 Å². The third-order valence-electron chi connectivity index (χ3n) is 5.60. The fraction of sp³-hybridized carbons (Fsp3) is 0.364. The van der Waals surface area contributed by atoms with Crippen LogP contribution in [0.15, 0.2) is 47.4 Å². The van der Waals surface area contributed by atoms with Crippen LogP contribution < -0.4 is 9.64 Å². The zero-order valence-corrected chi connectivity index (χ0v) is 17.6. The highest BCUT2D eigenvalue weighted by molar-refractivity contribution is 7.10. The molecular formula is C22H25N2O5S+. The Bertz CT molecular complexity index is 950. The van der Waals surface area contributed by atoms with Crippen LogP contribution >= 0.6 is 11.3 Å². The number of quaternary nitrogens is 1. The van der Waals surface area contributed by atoms with Gasteiger partial charge in [0.15, 0.2) is 0 Å². The van der Waals surface area contributed by atoms with Gasteiger partial charge >= 0.3 is 0 Å². The number of amides is 1. The first-order chi connectivity index (χ1) is 14.6. The van der Waals surface area contributed by atoms with Crippen molar-refractivity contribution < 1.29 is 29.1 Å². The molecule has 2 saturated heterocycles. The summed E-state index contributed by atoms with van der Waals surface area (Å²) in [6.07, 6.45) is 0. The maximum absolute atomic E-state index is 13.0. The third kappa shape index (κ3) is 3.98. The maximum Gasteiger partial charge on any atom is 0.295 e. The number of hydrogen-bond donors (Lipinski definition) is 2. The molecule has 7 nitrogen and oxygen atoms in total. The normalized spacial score (nSPS) is 21.9. The molecule has 158 valence electrons. The molecule has 2 N–H and O–H groups in total. The van der Waals surface area contributed by atoms with Gasteiger partial charge in [0.1, 0.15) is 24.6 Å². The Morgan fingerprint density at radius 1 is 1.27 bits per heavy atom. The molecule has 1 atom stereocenters. The lowest BCUT2D eigenvalue weighted by molar-refractivity contribution is -0.907. The number of ether oxygens (including phenoxy) is 2. The van der Waals surface area contributed by atoms with Crippen molar-refractivity contribution >= 4 is 28.8 Å². The van der Waals surface area contributed by atoms with Crippen molar-refractivity contribution in [3.8, 4) is 5.75 Å². The van der Waals surface area contributed by atoms with E-state index < -0.39 is 17.7 Å². The van der Waals surface area contributed by atoms with Gasteiger partial charge in [-0.15, -0.1) is 11.3 Å². The standard InChI is InChI=1S/C22H24N2O5S/c1-28-16-5-2-4-15(14-16)20(25)18-19(17-6-3-13-30-17)24(22(27)21(18)26)8-7-23-9-11-29-12-10-23/h2-6,13-14,19,25H,7-12H2,1H3/p+1/b20-18+/t19-/m0/s1. The van der Waals surface area contributed by atoms with Crippen molar-refractivity contribution in [2.24, 2.45) is 0 Å². The molecule has 2 aromatic rings. The molecule has 0 aliphatic carbocycles. The van der Waals surface area contributed by atoms with Gasteiger partial charge in [0.25, 0.3) is 11.7 Å². The van der Waals surface area contributed by atoms with Gasteiger partial charge in [-0.25, -0.2) is 0 Å². The molecule has 1 aromatic carbocycles. The summed E-state index contributed by atoms with van der Waals surface area (Å²) < 4.78 is 10.6. The molecule has 0 radical (unpaired) electrons. The van der Waals surface area contributed by atoms with Crippen LogP contribution in [-0.4, -0.2) is 68.2 Å². The Labute approximate surface area is 179 Å². The van der Waals surface area contributed by atoms with Crippen LogP contribution in [0.25, 0.3) is 5.76 Å². The van der Waals surface area contributed by atoms with E-state index in [-0.39, 0.29) is 11.3 Å². The molecule has 0 unspecified atom stereocenters. The molecule has 2 aliphatic rings. The lowest BCUT2D eigenvalue weighted by Crippen LogP contribution is -3.14. The number of hydrogen-bond acceptors (Lipinski definition) is 6. The highest BCUT2D eigenvalue weighted by Gasteiger charge is 2.46. The molecule has 1 aromatic heterocycles. The van der Waals surface area contributed by atoms with Gasteiger partial charge in [0.2, 0.25) is 0 Å². The van der Waals surface area contributed by atoms with Gasteiger partial charge in [-0.05, 0) is 23.6 Å². The summed E-state index contributed by atoms with van der Waals surface area (Å²) in [4.78, 5) is 29.7. The van der Waals surface area contributed by atoms with Crippen LogP contribution in [0.1, 0.15) is 16.5 Å². The number of carbonyl (C=O) groups excluding carboxylic acids is 2. The summed E-state index contributed by atoms with van der Waals surface area (Å²) in [6, 6.07) is 10.1. The summed E-state index contributed by atoms with van der Waals surface area (Å²) in [5, 5.41) is 13.0. The third-order valence-corrected chi connectivity index (χ3v) is 6.53. The van der Waals surface area contributed by atoms with Gasteiger partial charge in [-0.3, -0.25) is 9.59 Å². The number of nitrogens with zero attached hydrogens (tertiary/aromatic N) is 1. The maximum atomic E-state index is 13.0. The fourth-order valence-corrected chi connectivity index (χ4v) is 4.81. The minimum atomic E-state index is -0.648. The number of carbonyl (C=O) groups is 2. The first kappa shape index (κ1) is 20.6. The number of Topliss-reactive ketones (excluding diaryl/α,β-unsaturated/α-hetero) is 1. The summed E-state index contributed by atoms with van der Waals surface area (Å²) in [5.74, 6) is -0.819. The lowest BCUT2D eigenvalue weighted by Gasteiger charge is -2.28. The lowest BCUT2D eigenvalue weighted by atomic mass is 9.99. The van der Waals surface area contributed by atoms with Crippen molar-refractivity contribution in [3.63, 3.8) is 0 Å². The topological polar surface area (TPSA) is 80.5 Å². The molecule has 0 bridgehead atoms. The van der Waals surface area contributed by atoms with E-state index in [1.54, 1.807) is 29.2 Å². The SMILES string of the molecule is COc1cccc(/C(O)=C2\C(=O)C(=O)N(CC[NH+]3CCOCC3)[C@H]2c2cccs2)c1. The van der Waals surface area contributed by atoms with E-state index in [1.165, 1.54) is 23.3 Å². The molecule has 30 heavy (non-hydrogen) atoms. The van der Waals surface area contributed by atoms with Gasteiger partial charge in [0, 0.05) is 10.4 Å². The second-order valence-electron chi connectivity index (χ2n) is 7.35. The van der Waals surface area contributed by atoms with E-state index in [1.807, 2.05) is 17.5 Å². The highest BCUT2D eigenvalue weighted by atomic mass is 32.1. The van der Waals surface area contributed by atoms with Gasteiger partial charge in [-0.1, -0.05) is 18.2 Å². The fourth-order valence-electron chi connectivity index (χ4n) is 3.97. The Kier molecular flexibility index (Phi) is 6.17. The van der Waals surface area contributed by atoms with Crippen LogP contribution in [0.2, 0.25) is 0 Å². The number of morpholine rings is 1. The number of thiophene rings is 1. The molecule has 2 fully saturated rings. The number of aliphatic hydroxyl groups is 1. The van der Waals surface area contributed by atoms with E-state index in [0.717, 1.165) is 24.5 Å². The second kappa shape index (κ2) is 8.99. The average Bonchev–Trinajstić information content (AvgIpc) is 3.40. The number of ketones is 1. The quantitative estimate of drug-likeness (QED) is 0.408. The van der Waals surface area contributed by atoms with Crippen molar-refractivity contribution in [3.05, 3.63) is 57.8 Å². The van der Waals surface area contributed by atoms with E-state index in [4.69, 9.17) is 9.47 Å². The number of rotatable bonds is 6. The Balaban J connectivity index is 1.69. The Morgan fingerprint density at radius 3 is 2.77 bits per heavy atom. The van der Waals surface area contributed by atoms with Crippen LogP contribution in [0, 0.1) is 0 Å². The summed E-state index contributed by atoms with van der Waals surface area (Å²) in [5.41, 5.74) is 0.584. The van der Waals surface area contributed by atoms with Crippen LogP contribution in [0.3, 0.4) is 0 Å². The highest BCUT2D eigenvalue weighted by Crippen LogP contribution is 2.41. The first-order valence-electron chi connectivity index (χ1n) is 9.97. The van der Waals surface area contributed by atoms with Crippen LogP contribution in [0.5, 0.6) is 5.75 Å². The number of aliphatic hydroxyl groups excluding tert-OH is 1. The molecule has 4 rings (SSSR count). The van der Waals surface area contributed by atoms with Crippen LogP contribution in [0.4, 0.5) is 0 Å². The van der Waals surface area contributed by atoms with E-state index in [2.05, 4.69) is 0 Å². The minimum Gasteiger partial charge on any atom is -0.507 e. The molecule has 1 amide bonds. The number of methoxy groups -OCH3 is 1. The molecule has 0 saturated carbocycles. The first-order valence-corrected chi connectivity index (χ1v) is 10.9. The zero-order valence-electron chi connectivity index (χ0n) is 16.8. The summed E-state index contributed by atoms with van der Waals surface area (Å²) in [6.45, 7) is 4.36. The Hall–Kier alpha value is -2.68. The predicted molar refractivity (Wildman–Crippen MR) is 113 cm³/mol. The summed E-state index contributed by atoms with van der Waals surface area (Å²) >= 11 is 1.47. The van der Waals surface area contributed by atoms with E-state index >= 15 is 0 Å². The summed E-state index contributed by atoms with van der Waals surface area (Å²) in [7, 11) is 1.54. The molecule has 3 heterocycles. The van der Waals surface area contributed by atoms with E-state index in [9.17, 15) is 14.7 Å². The second-order valence-corrected chi connectivity index (χ2v) is 8.33. The zero-order chi connectivity index (χ0) is 21.1. The Morgan fingerprint density at radius 2 is 2.07 bits per heavy atom. The van der Waals surface area contributed by atoms with Crippen molar-refractivity contribution in [1.29, 1.82) is 0 Å². The minimum absolute atomic E-state index is 0.132. The number of nitrogens with one attached hydrogen (secondary N) is 1. The van der Waals surface area contributed by atoms with Gasteiger partial charge in [0.05, 0.1) is 45.0 Å². The number of benzene rings is 1. The van der Waals surface area contributed by atoms with Crippen molar-refractivity contribution in [1.82, 2.24) is 4.90 Å². The van der Waals surface area contributed by atoms with Crippen molar-refractivity contribution in [2.75, 3.05) is 46.5 Å². The largest absolute Gasteiger partial charge is 0.507 e. The van der Waals surface area contributed by atoms with Crippen molar-refractivity contribution in [2.45, 2.75) is 6.04 Å². The number of likely N-dealkylation sites (tertiary alicyclic amines) is 1. The monoisotopic (exact) mass is 429 g/mol. The molecule has 0 spiro atoms. The smallest absolute Gasteiger partial charge is 0.295 e. The molecule has 8 heteroatoms. The average molecular weight is 430 g/mol. The van der Waals surface area contributed by atoms with Crippen LogP contribution in [-0.2, 0) is 14.3 Å². The van der Waals surface area contributed by atoms with Gasteiger partial charge in [-0.2, -0.15) is 0 Å². The van der Waals surface area contributed by atoms with Gasteiger partial charge < -0.3 is 24.4 Å². The predicted octanol–water partition coefficient (Wildman–Crippen LogP) is 1.09. The molecule has 2 aliphatic heterocycles.